The minimum absolute atomic E-state index is 0.0171. The number of carbonyl (C=O) groups is 1. The van der Waals surface area contributed by atoms with Gasteiger partial charge in [0.2, 0.25) is 0 Å². The number of aliphatic hydroxyl groups is 1. The van der Waals surface area contributed by atoms with E-state index in [1.807, 2.05) is 6.26 Å². The van der Waals surface area contributed by atoms with Crippen LogP contribution in [0.25, 0.3) is 5.69 Å². The molecule has 1 aromatic heterocycles. The highest BCUT2D eigenvalue weighted by Crippen LogP contribution is 2.10. The molecule has 1 unspecified atom stereocenters. The van der Waals surface area contributed by atoms with Gasteiger partial charge in [0.05, 0.1) is 5.69 Å². The van der Waals surface area contributed by atoms with Crippen LogP contribution in [-0.2, 0) is 0 Å². The second-order valence-electron chi connectivity index (χ2n) is 4.76. The topological polar surface area (TPSA) is 67.2 Å². The van der Waals surface area contributed by atoms with Gasteiger partial charge in [-0.1, -0.05) is 6.07 Å². The molecule has 1 aromatic carbocycles. The Hall–Kier alpha value is -1.86. The molecule has 118 valence electrons. The van der Waals surface area contributed by atoms with Gasteiger partial charge in [-0.2, -0.15) is 16.9 Å². The van der Waals surface area contributed by atoms with Gasteiger partial charge in [0.15, 0.2) is 5.69 Å². The van der Waals surface area contributed by atoms with Crippen LogP contribution in [0.4, 0.5) is 4.39 Å². The molecule has 0 radical (unpaired) electrons. The Kier molecular flexibility index (Phi) is 5.97. The molecular formula is C15H18FN3O2S. The highest BCUT2D eigenvalue weighted by Gasteiger charge is 2.15. The third-order valence-electron chi connectivity index (χ3n) is 3.08. The molecule has 0 bridgehead atoms. The highest BCUT2D eigenvalue weighted by atomic mass is 32.2. The summed E-state index contributed by atoms with van der Waals surface area (Å²) in [5, 5.41) is 16.0. The predicted octanol–water partition coefficient (Wildman–Crippen LogP) is 1.86. The summed E-state index contributed by atoms with van der Waals surface area (Å²) < 4.78 is 14.7. The zero-order chi connectivity index (χ0) is 15.9. The molecule has 0 saturated carbocycles. The van der Waals surface area contributed by atoms with Crippen molar-refractivity contribution in [3.8, 4) is 5.69 Å². The normalized spacial score (nSPS) is 12.1. The Morgan fingerprint density at radius 3 is 3.00 bits per heavy atom. The molecular weight excluding hydrogens is 305 g/mol. The summed E-state index contributed by atoms with van der Waals surface area (Å²) in [5.41, 5.74) is 0.809. The molecule has 0 aliphatic carbocycles. The molecule has 0 spiro atoms. The van der Waals surface area contributed by atoms with E-state index in [-0.39, 0.29) is 30.1 Å². The van der Waals surface area contributed by atoms with E-state index in [0.717, 1.165) is 5.75 Å². The first-order chi connectivity index (χ1) is 10.6. The lowest BCUT2D eigenvalue weighted by Gasteiger charge is -2.15. The van der Waals surface area contributed by atoms with Gasteiger partial charge in [0.1, 0.15) is 5.82 Å². The Balaban J connectivity index is 2.08. The maximum Gasteiger partial charge on any atom is 0.272 e. The minimum atomic E-state index is -0.359. The number of carbonyl (C=O) groups excluding carboxylic acids is 1. The van der Waals surface area contributed by atoms with Crippen LogP contribution in [0.3, 0.4) is 0 Å². The van der Waals surface area contributed by atoms with E-state index in [1.54, 1.807) is 36.2 Å². The van der Waals surface area contributed by atoms with Crippen LogP contribution in [0.1, 0.15) is 16.9 Å². The number of hydrogen-bond donors (Lipinski definition) is 2. The Labute approximate surface area is 132 Å². The van der Waals surface area contributed by atoms with Crippen molar-refractivity contribution in [1.29, 1.82) is 0 Å². The summed E-state index contributed by atoms with van der Waals surface area (Å²) in [5.74, 6) is 0.0568. The van der Waals surface area contributed by atoms with Gasteiger partial charge in [-0.25, -0.2) is 9.07 Å². The summed E-state index contributed by atoms with van der Waals surface area (Å²) in [6.45, 7) is 0.0171. The summed E-state index contributed by atoms with van der Waals surface area (Å²) in [4.78, 5) is 12.2. The number of benzene rings is 1. The van der Waals surface area contributed by atoms with Crippen molar-refractivity contribution in [3.05, 3.63) is 48.0 Å². The van der Waals surface area contributed by atoms with Crippen molar-refractivity contribution >= 4 is 17.7 Å². The molecule has 1 heterocycles. The Morgan fingerprint density at radius 1 is 1.50 bits per heavy atom. The summed E-state index contributed by atoms with van der Waals surface area (Å²) >= 11 is 1.60. The van der Waals surface area contributed by atoms with E-state index in [1.165, 1.54) is 16.8 Å². The lowest BCUT2D eigenvalue weighted by atomic mass is 10.2. The van der Waals surface area contributed by atoms with Crippen LogP contribution in [0.2, 0.25) is 0 Å². The number of halogens is 1. The Morgan fingerprint density at radius 2 is 2.32 bits per heavy atom. The monoisotopic (exact) mass is 323 g/mol. The molecule has 1 amide bonds. The SMILES string of the molecule is CSCC(CCO)NC(=O)c1ccn(-c2cccc(F)c2)n1. The Bertz CT molecular complexity index is 627. The summed E-state index contributed by atoms with van der Waals surface area (Å²) in [6.07, 6.45) is 4.05. The third kappa shape index (κ3) is 4.32. The van der Waals surface area contributed by atoms with Gasteiger partial charge >= 0.3 is 0 Å². The number of thioether (sulfide) groups is 1. The molecule has 2 aromatic rings. The third-order valence-corrected chi connectivity index (χ3v) is 3.81. The highest BCUT2D eigenvalue weighted by molar-refractivity contribution is 7.98. The van der Waals surface area contributed by atoms with Gasteiger partial charge in [-0.05, 0) is 36.9 Å². The van der Waals surface area contributed by atoms with Crippen molar-refractivity contribution in [2.24, 2.45) is 0 Å². The number of aliphatic hydroxyl groups excluding tert-OH is 1. The van der Waals surface area contributed by atoms with Crippen molar-refractivity contribution < 1.29 is 14.3 Å². The lowest BCUT2D eigenvalue weighted by molar-refractivity contribution is 0.0930. The van der Waals surface area contributed by atoms with Gasteiger partial charge < -0.3 is 10.4 Å². The molecule has 2 rings (SSSR count). The van der Waals surface area contributed by atoms with E-state index in [4.69, 9.17) is 5.11 Å². The average molecular weight is 323 g/mol. The molecule has 7 heteroatoms. The first-order valence-electron chi connectivity index (χ1n) is 6.86. The number of hydrogen-bond acceptors (Lipinski definition) is 4. The van der Waals surface area contributed by atoms with Crippen LogP contribution in [-0.4, -0.2) is 45.5 Å². The summed E-state index contributed by atoms with van der Waals surface area (Å²) in [7, 11) is 0. The zero-order valence-corrected chi connectivity index (χ0v) is 13.0. The fraction of sp³-hybridized carbons (Fsp3) is 0.333. The number of nitrogens with one attached hydrogen (secondary N) is 1. The van der Waals surface area contributed by atoms with Crippen LogP contribution < -0.4 is 5.32 Å². The second-order valence-corrected chi connectivity index (χ2v) is 5.67. The molecule has 5 nitrogen and oxygen atoms in total. The van der Waals surface area contributed by atoms with Crippen LogP contribution in [0.15, 0.2) is 36.5 Å². The fourth-order valence-corrected chi connectivity index (χ4v) is 2.67. The molecule has 1 atom stereocenters. The van der Waals surface area contributed by atoms with Gasteiger partial charge in [0.25, 0.3) is 5.91 Å². The largest absolute Gasteiger partial charge is 0.396 e. The number of amides is 1. The predicted molar refractivity (Wildman–Crippen MR) is 84.9 cm³/mol. The molecule has 0 saturated heterocycles. The maximum atomic E-state index is 13.2. The molecule has 0 aliphatic heterocycles. The van der Waals surface area contributed by atoms with E-state index in [0.29, 0.717) is 12.1 Å². The maximum absolute atomic E-state index is 13.2. The molecule has 22 heavy (non-hydrogen) atoms. The summed E-state index contributed by atoms with van der Waals surface area (Å²) in [6, 6.07) is 7.46. The van der Waals surface area contributed by atoms with E-state index >= 15 is 0 Å². The van der Waals surface area contributed by atoms with Crippen LogP contribution in [0.5, 0.6) is 0 Å². The second kappa shape index (κ2) is 7.95. The number of aromatic nitrogens is 2. The smallest absolute Gasteiger partial charge is 0.272 e. The average Bonchev–Trinajstić information content (AvgIpc) is 2.97. The fourth-order valence-electron chi connectivity index (χ4n) is 2.02. The standard InChI is InChI=1S/C15H18FN3O2S/c1-22-10-12(6-8-20)17-15(21)14-5-7-19(18-14)13-4-2-3-11(16)9-13/h2-5,7,9,12,20H,6,8,10H2,1H3,(H,17,21). The van der Waals surface area contributed by atoms with E-state index in [9.17, 15) is 9.18 Å². The van der Waals surface area contributed by atoms with E-state index < -0.39 is 0 Å². The van der Waals surface area contributed by atoms with Crippen molar-refractivity contribution in [1.82, 2.24) is 15.1 Å². The number of nitrogens with zero attached hydrogens (tertiary/aromatic N) is 2. The first kappa shape index (κ1) is 16.5. The van der Waals surface area contributed by atoms with Crippen molar-refractivity contribution in [2.75, 3.05) is 18.6 Å². The van der Waals surface area contributed by atoms with Gasteiger partial charge in [0, 0.05) is 24.6 Å². The van der Waals surface area contributed by atoms with Crippen molar-refractivity contribution in [2.45, 2.75) is 12.5 Å². The van der Waals surface area contributed by atoms with Gasteiger partial charge in [-0.15, -0.1) is 0 Å². The minimum Gasteiger partial charge on any atom is -0.396 e. The molecule has 2 N–H and O–H groups in total. The van der Waals surface area contributed by atoms with Crippen LogP contribution in [0, 0.1) is 5.82 Å². The van der Waals surface area contributed by atoms with Gasteiger partial charge in [-0.3, -0.25) is 4.79 Å². The van der Waals surface area contributed by atoms with E-state index in [2.05, 4.69) is 10.4 Å². The van der Waals surface area contributed by atoms with Crippen LogP contribution >= 0.6 is 11.8 Å². The van der Waals surface area contributed by atoms with Crippen molar-refractivity contribution in [3.63, 3.8) is 0 Å². The zero-order valence-electron chi connectivity index (χ0n) is 12.2. The molecule has 0 fully saturated rings. The molecule has 0 aliphatic rings. The quantitative estimate of drug-likeness (QED) is 0.816. The number of rotatable bonds is 7. The first-order valence-corrected chi connectivity index (χ1v) is 8.25. The lowest BCUT2D eigenvalue weighted by Crippen LogP contribution is -2.37.